The van der Waals surface area contributed by atoms with Crippen LogP contribution in [0.5, 0.6) is 0 Å². The molecule has 1 aliphatic rings. The van der Waals surface area contributed by atoms with E-state index in [2.05, 4.69) is 53.2 Å². The second-order valence-electron chi connectivity index (χ2n) is 20.2. The molecule has 7 atom stereocenters. The summed E-state index contributed by atoms with van der Waals surface area (Å²) in [5.74, 6) is -9.76. The van der Waals surface area contributed by atoms with Gasteiger partial charge in [-0.2, -0.15) is 23.5 Å². The number of benzene rings is 1. The maximum absolute atomic E-state index is 14.4. The molecule has 438 valence electrons. The highest BCUT2D eigenvalue weighted by Gasteiger charge is 2.35. The minimum absolute atomic E-state index is 0.0128. The quantitative estimate of drug-likeness (QED) is 0.0381. The lowest BCUT2D eigenvalue weighted by Gasteiger charge is -2.28. The van der Waals surface area contributed by atoms with E-state index in [9.17, 15) is 53.1 Å². The molecule has 16 N–H and O–H groups in total. The Kier molecular flexibility index (Phi) is 31.2. The predicted octanol–water partition coefficient (Wildman–Crippen LogP) is -1.43. The molecular formula is C50H83N13O12S3. The molecule has 2 rings (SSSR count). The first-order valence-electron chi connectivity index (χ1n) is 25.8. The lowest BCUT2D eigenvalue weighted by Crippen LogP contribution is -2.60. The molecule has 9 amide bonds. The van der Waals surface area contributed by atoms with Crippen molar-refractivity contribution in [1.29, 1.82) is 5.41 Å². The Morgan fingerprint density at radius 1 is 0.692 bits per heavy atom. The third-order valence-corrected chi connectivity index (χ3v) is 14.9. The second-order valence-corrected chi connectivity index (χ2v) is 24.9. The van der Waals surface area contributed by atoms with Crippen LogP contribution in [0.15, 0.2) is 30.3 Å². The highest BCUT2D eigenvalue weighted by Crippen LogP contribution is 2.25. The van der Waals surface area contributed by atoms with Gasteiger partial charge in [0.1, 0.15) is 42.3 Å². The molecule has 0 bridgehead atoms. The first-order valence-corrected chi connectivity index (χ1v) is 29.0. The molecule has 25 nitrogen and oxygen atoms in total. The van der Waals surface area contributed by atoms with Crippen LogP contribution in [0.2, 0.25) is 0 Å². The number of carbonyl (C=O) groups excluding carboxylic acids is 9. The van der Waals surface area contributed by atoms with Crippen molar-refractivity contribution in [2.24, 2.45) is 11.5 Å². The lowest BCUT2D eigenvalue weighted by atomic mass is 10.0. The Balaban J connectivity index is 2.78. The van der Waals surface area contributed by atoms with Crippen LogP contribution in [0.4, 0.5) is 0 Å². The van der Waals surface area contributed by atoms with E-state index in [4.69, 9.17) is 21.6 Å². The molecule has 1 aliphatic heterocycles. The van der Waals surface area contributed by atoms with Gasteiger partial charge < -0.3 is 74.5 Å². The van der Waals surface area contributed by atoms with Crippen molar-refractivity contribution in [3.8, 4) is 0 Å². The number of ether oxygens (including phenoxy) is 1. The van der Waals surface area contributed by atoms with Gasteiger partial charge in [0.2, 0.25) is 53.2 Å². The number of rotatable bonds is 21. The van der Waals surface area contributed by atoms with Crippen molar-refractivity contribution in [3.63, 3.8) is 0 Å². The standard InChI is InChI=1S/C50H83N13O12S3/c1-8-75-22-21-54-42(69)35-26-76-29-39(65)57-32(17-12-13-19-51)43(70)62-36(27-77-49(2,3)4)46(73)59-31(18-14-20-55-48(52)53)41(68)56-25-38(64)58-34(24-40(66)67)45(72)63-37(28-78-50(5,6)7)47(74)60-33(44(71)61-35)23-30-15-10-9-11-16-30/h9-11,15-16,31-37H,8,12-14,17-29,51H2,1-7H3,(H,54,69)(H,56,68)(H,57,65)(H,58,64)(H,59,73)(H,60,74)(H,61,71)(H,62,70)(H,63,72)(H,66,67)(H4,52,53,55)/t31-,32-,33-,34-,35-,36-,37-/m0/s1. The molecule has 0 aliphatic carbocycles. The molecule has 0 spiro atoms. The molecule has 0 radical (unpaired) electrons. The van der Waals surface area contributed by atoms with E-state index >= 15 is 0 Å². The van der Waals surface area contributed by atoms with Gasteiger partial charge in [-0.25, -0.2) is 0 Å². The fraction of sp³-hybridized carbons (Fsp3) is 0.660. The summed E-state index contributed by atoms with van der Waals surface area (Å²) in [6.07, 6.45) is 0.0954. The van der Waals surface area contributed by atoms with Crippen LogP contribution in [0.25, 0.3) is 0 Å². The number of nitrogens with two attached hydrogens (primary N) is 2. The predicted molar refractivity (Wildman–Crippen MR) is 302 cm³/mol. The van der Waals surface area contributed by atoms with Crippen molar-refractivity contribution in [2.75, 3.05) is 62.4 Å². The number of carbonyl (C=O) groups is 10. The minimum Gasteiger partial charge on any atom is -0.481 e. The normalized spacial score (nSPS) is 22.4. The summed E-state index contributed by atoms with van der Waals surface area (Å²) < 4.78 is 4.49. The summed E-state index contributed by atoms with van der Waals surface area (Å²) in [5, 5.41) is 43.6. The highest BCUT2D eigenvalue weighted by molar-refractivity contribution is 8.01. The van der Waals surface area contributed by atoms with Gasteiger partial charge in [-0.05, 0) is 51.1 Å². The molecule has 1 fully saturated rings. The molecule has 28 heteroatoms. The molecule has 1 heterocycles. The molecule has 1 saturated heterocycles. The van der Waals surface area contributed by atoms with Gasteiger partial charge in [0, 0.05) is 52.9 Å². The Labute approximate surface area is 469 Å². The number of amides is 9. The first kappa shape index (κ1) is 68.3. The Morgan fingerprint density at radius 3 is 1.78 bits per heavy atom. The summed E-state index contributed by atoms with van der Waals surface area (Å²) >= 11 is 3.57. The molecule has 1 aromatic carbocycles. The van der Waals surface area contributed by atoms with Crippen molar-refractivity contribution < 1.29 is 57.8 Å². The lowest BCUT2D eigenvalue weighted by molar-refractivity contribution is -0.141. The van der Waals surface area contributed by atoms with E-state index in [-0.39, 0.29) is 74.4 Å². The monoisotopic (exact) mass is 1150 g/mol. The number of unbranched alkanes of at least 4 members (excludes halogenated alkanes) is 1. The number of carboxylic acids is 1. The van der Waals surface area contributed by atoms with E-state index in [0.29, 0.717) is 31.6 Å². The molecular weight excluding hydrogens is 1070 g/mol. The van der Waals surface area contributed by atoms with E-state index in [1.165, 1.54) is 23.5 Å². The third kappa shape index (κ3) is 29.2. The number of thioether (sulfide) groups is 3. The smallest absolute Gasteiger partial charge is 0.305 e. The molecule has 1 aromatic rings. The molecule has 0 saturated carbocycles. The van der Waals surface area contributed by atoms with Crippen LogP contribution in [0.3, 0.4) is 0 Å². The van der Waals surface area contributed by atoms with E-state index in [0.717, 1.165) is 11.8 Å². The van der Waals surface area contributed by atoms with Crippen molar-refractivity contribution in [2.45, 2.75) is 145 Å². The highest BCUT2D eigenvalue weighted by atomic mass is 32.2. The Morgan fingerprint density at radius 2 is 1.22 bits per heavy atom. The van der Waals surface area contributed by atoms with Gasteiger partial charge in [-0.1, -0.05) is 71.9 Å². The summed E-state index contributed by atoms with van der Waals surface area (Å²) in [4.78, 5) is 138. The SMILES string of the molecule is CCOCCNC(=O)[C@@H]1CSCC(=O)N[C@@H](CCCCN)C(=O)N[C@@H](CSC(C)(C)C)C(=O)N[C@@H](CCCNC(=N)N)C(=O)NCC(=O)N[C@@H](CC(=O)O)C(=O)N[C@@H](CSC(C)(C)C)C(=O)N[C@@H](Cc2ccccc2)C(=O)N1. The zero-order valence-corrected chi connectivity index (χ0v) is 48.2. The van der Waals surface area contributed by atoms with Crippen LogP contribution >= 0.6 is 35.3 Å². The number of aliphatic carboxylic acids is 1. The summed E-state index contributed by atoms with van der Waals surface area (Å²) in [5.41, 5.74) is 11.8. The van der Waals surface area contributed by atoms with Gasteiger partial charge in [0.15, 0.2) is 5.96 Å². The van der Waals surface area contributed by atoms with Gasteiger partial charge in [0.05, 0.1) is 25.3 Å². The van der Waals surface area contributed by atoms with Crippen molar-refractivity contribution >= 4 is 100 Å². The fourth-order valence-electron chi connectivity index (χ4n) is 7.13. The van der Waals surface area contributed by atoms with Gasteiger partial charge in [-0.15, -0.1) is 11.8 Å². The summed E-state index contributed by atoms with van der Waals surface area (Å²) in [6, 6.07) is -1.03. The summed E-state index contributed by atoms with van der Waals surface area (Å²) in [7, 11) is 0. The van der Waals surface area contributed by atoms with E-state index in [1.54, 1.807) is 37.3 Å². The van der Waals surface area contributed by atoms with Gasteiger partial charge >= 0.3 is 5.97 Å². The molecule has 0 aromatic heterocycles. The topological polar surface area (TPSA) is 396 Å². The zero-order chi connectivity index (χ0) is 58.4. The average molecular weight is 1150 g/mol. The largest absolute Gasteiger partial charge is 0.481 e. The van der Waals surface area contributed by atoms with Crippen LogP contribution in [-0.2, 0) is 59.1 Å². The second kappa shape index (κ2) is 35.6. The van der Waals surface area contributed by atoms with Crippen LogP contribution in [0.1, 0.15) is 92.6 Å². The maximum Gasteiger partial charge on any atom is 0.305 e. The van der Waals surface area contributed by atoms with Crippen molar-refractivity contribution in [1.82, 2.24) is 53.2 Å². The molecule has 78 heavy (non-hydrogen) atoms. The van der Waals surface area contributed by atoms with Crippen LogP contribution in [-0.4, -0.2) is 184 Å². The zero-order valence-electron chi connectivity index (χ0n) is 45.8. The Hall–Kier alpha value is -5.84. The fourth-order valence-corrected chi connectivity index (χ4v) is 9.79. The number of guanidine groups is 1. The number of nitrogens with one attached hydrogen (secondary N) is 11. The third-order valence-electron chi connectivity index (χ3n) is 11.1. The molecule has 0 unspecified atom stereocenters. The van der Waals surface area contributed by atoms with Crippen LogP contribution < -0.4 is 64.6 Å². The number of hydrogen-bond acceptors (Lipinski definition) is 16. The maximum atomic E-state index is 14.4. The van der Waals surface area contributed by atoms with Crippen molar-refractivity contribution in [3.05, 3.63) is 35.9 Å². The Bertz CT molecular complexity index is 2170. The first-order chi connectivity index (χ1) is 36.7. The van der Waals surface area contributed by atoms with E-state index in [1.807, 2.05) is 41.5 Å². The average Bonchev–Trinajstić information content (AvgIpc) is 3.35. The minimum atomic E-state index is -1.79. The van der Waals surface area contributed by atoms with Crippen LogP contribution in [0, 0.1) is 5.41 Å². The van der Waals surface area contributed by atoms with Gasteiger partial charge in [-0.3, -0.25) is 53.4 Å². The number of carboxylic acid groups (broad SMARTS) is 1. The number of hydrogen-bond donors (Lipinski definition) is 14. The van der Waals surface area contributed by atoms with Gasteiger partial charge in [0.25, 0.3) is 0 Å². The van der Waals surface area contributed by atoms with E-state index < -0.39 is 124 Å². The summed E-state index contributed by atoms with van der Waals surface area (Å²) in [6.45, 7) is 13.2.